The molecule has 35 heavy (non-hydrogen) atoms. The summed E-state index contributed by atoms with van der Waals surface area (Å²) in [4.78, 5) is 49.9. The minimum atomic E-state index is -1.30. The molecule has 2 rings (SSSR count). The quantitative estimate of drug-likeness (QED) is 0.196. The standard InChI is InChI=1S/C24H30N4O6S/c29-15-19(24(34)27-20(16-35)23(33)25-11-22(31)32)26-21(30)14-28(12-17-7-3-1-4-8-17)13-18-9-5-2-6-10-18/h1-10,19-20,29,35H,11-16H2,(H,25,33)(H,26,30)(H,27,34)(H,31,32)/t19-,20-/m0/s1. The van der Waals surface area contributed by atoms with Gasteiger partial charge < -0.3 is 26.2 Å². The highest BCUT2D eigenvalue weighted by molar-refractivity contribution is 7.80. The van der Waals surface area contributed by atoms with Gasteiger partial charge in [0.2, 0.25) is 17.7 Å². The van der Waals surface area contributed by atoms with Crippen LogP contribution in [-0.4, -0.2) is 76.3 Å². The number of hydrogen-bond acceptors (Lipinski definition) is 7. The Morgan fingerprint density at radius 2 is 1.37 bits per heavy atom. The molecule has 0 aliphatic heterocycles. The van der Waals surface area contributed by atoms with Gasteiger partial charge in [-0.15, -0.1) is 0 Å². The van der Waals surface area contributed by atoms with Crippen LogP contribution in [0.25, 0.3) is 0 Å². The van der Waals surface area contributed by atoms with E-state index < -0.39 is 48.9 Å². The molecule has 0 aliphatic carbocycles. The summed E-state index contributed by atoms with van der Waals surface area (Å²) in [6.07, 6.45) is 0. The van der Waals surface area contributed by atoms with E-state index in [1.165, 1.54) is 0 Å². The smallest absolute Gasteiger partial charge is 0.322 e. The van der Waals surface area contributed by atoms with Crippen LogP contribution in [0.5, 0.6) is 0 Å². The second-order valence-electron chi connectivity index (χ2n) is 7.77. The molecule has 2 aromatic carbocycles. The lowest BCUT2D eigenvalue weighted by Gasteiger charge is -2.24. The largest absolute Gasteiger partial charge is 0.480 e. The van der Waals surface area contributed by atoms with E-state index in [0.29, 0.717) is 13.1 Å². The molecule has 0 heterocycles. The summed E-state index contributed by atoms with van der Waals surface area (Å²) in [7, 11) is 0. The van der Waals surface area contributed by atoms with Crippen LogP contribution in [0.2, 0.25) is 0 Å². The van der Waals surface area contributed by atoms with Crippen molar-refractivity contribution in [1.29, 1.82) is 0 Å². The van der Waals surface area contributed by atoms with Crippen LogP contribution in [-0.2, 0) is 32.3 Å². The number of aliphatic hydroxyl groups excluding tert-OH is 1. The Kier molecular flexibility index (Phi) is 11.7. The van der Waals surface area contributed by atoms with Crippen molar-refractivity contribution < 1.29 is 29.4 Å². The van der Waals surface area contributed by atoms with Crippen LogP contribution in [0, 0.1) is 0 Å². The highest BCUT2D eigenvalue weighted by Crippen LogP contribution is 2.10. The third kappa shape index (κ3) is 10.2. The molecule has 0 aromatic heterocycles. The number of carbonyl (C=O) groups is 4. The topological polar surface area (TPSA) is 148 Å². The van der Waals surface area contributed by atoms with Crippen LogP contribution in [0.15, 0.2) is 60.7 Å². The van der Waals surface area contributed by atoms with E-state index in [0.717, 1.165) is 11.1 Å². The maximum absolute atomic E-state index is 12.8. The zero-order valence-corrected chi connectivity index (χ0v) is 20.0. The first-order valence-corrected chi connectivity index (χ1v) is 11.6. The number of carboxylic acids is 1. The van der Waals surface area contributed by atoms with Crippen molar-refractivity contribution in [3.63, 3.8) is 0 Å². The van der Waals surface area contributed by atoms with Gasteiger partial charge in [0.05, 0.1) is 13.2 Å². The summed E-state index contributed by atoms with van der Waals surface area (Å²) in [5.41, 5.74) is 2.02. The molecule has 0 saturated heterocycles. The van der Waals surface area contributed by atoms with Gasteiger partial charge in [0.1, 0.15) is 18.6 Å². The third-order valence-corrected chi connectivity index (χ3v) is 5.29. The predicted molar refractivity (Wildman–Crippen MR) is 132 cm³/mol. The number of aliphatic hydroxyl groups is 1. The van der Waals surface area contributed by atoms with E-state index in [4.69, 9.17) is 5.11 Å². The van der Waals surface area contributed by atoms with Crippen molar-refractivity contribution in [2.45, 2.75) is 25.2 Å². The van der Waals surface area contributed by atoms with E-state index in [-0.39, 0.29) is 12.3 Å². The molecule has 0 spiro atoms. The summed E-state index contributed by atoms with van der Waals surface area (Å²) in [6.45, 7) is -0.360. The van der Waals surface area contributed by atoms with E-state index in [9.17, 15) is 24.3 Å². The fourth-order valence-electron chi connectivity index (χ4n) is 3.24. The number of hydrogen-bond donors (Lipinski definition) is 6. The molecule has 11 heteroatoms. The molecule has 2 atom stereocenters. The maximum atomic E-state index is 12.8. The number of nitrogens with zero attached hydrogens (tertiary/aromatic N) is 1. The monoisotopic (exact) mass is 502 g/mol. The molecule has 2 aromatic rings. The molecule has 0 bridgehead atoms. The van der Waals surface area contributed by atoms with Gasteiger partial charge in [-0.25, -0.2) is 0 Å². The van der Waals surface area contributed by atoms with Crippen molar-refractivity contribution in [2.24, 2.45) is 0 Å². The molecule has 3 amide bonds. The van der Waals surface area contributed by atoms with Crippen molar-refractivity contribution in [3.05, 3.63) is 71.8 Å². The number of nitrogens with one attached hydrogen (secondary N) is 3. The Hall–Kier alpha value is -3.41. The number of carboxylic acid groups (broad SMARTS) is 1. The van der Waals surface area contributed by atoms with E-state index in [2.05, 4.69) is 28.6 Å². The Bertz CT molecular complexity index is 935. The first kappa shape index (κ1) is 27.8. The van der Waals surface area contributed by atoms with Gasteiger partial charge in [-0.2, -0.15) is 12.6 Å². The van der Waals surface area contributed by atoms with Gasteiger partial charge in [-0.05, 0) is 11.1 Å². The minimum absolute atomic E-state index is 0.0390. The van der Waals surface area contributed by atoms with E-state index in [1.807, 2.05) is 65.6 Å². The molecule has 0 saturated carbocycles. The summed E-state index contributed by atoms with van der Waals surface area (Å²) in [6, 6.07) is 16.8. The zero-order valence-electron chi connectivity index (χ0n) is 19.1. The van der Waals surface area contributed by atoms with Crippen LogP contribution in [0.3, 0.4) is 0 Å². The number of aliphatic carboxylic acids is 1. The first-order valence-electron chi connectivity index (χ1n) is 10.9. The Morgan fingerprint density at radius 3 is 1.83 bits per heavy atom. The van der Waals surface area contributed by atoms with Gasteiger partial charge in [-0.3, -0.25) is 24.1 Å². The predicted octanol–water partition coefficient (Wildman–Crippen LogP) is -0.219. The second kappa shape index (κ2) is 14.8. The number of rotatable bonds is 14. The number of benzene rings is 2. The van der Waals surface area contributed by atoms with Crippen molar-refractivity contribution in [2.75, 3.05) is 25.4 Å². The Labute approximate surface area is 209 Å². The molecular weight excluding hydrogens is 472 g/mol. The molecule has 5 N–H and O–H groups in total. The fourth-order valence-corrected chi connectivity index (χ4v) is 3.50. The molecule has 0 aliphatic rings. The molecule has 0 radical (unpaired) electrons. The van der Waals surface area contributed by atoms with Crippen LogP contribution >= 0.6 is 12.6 Å². The summed E-state index contributed by atoms with van der Waals surface area (Å²) in [5, 5.41) is 25.4. The number of thiol groups is 1. The lowest BCUT2D eigenvalue weighted by Crippen LogP contribution is -2.56. The average molecular weight is 503 g/mol. The van der Waals surface area contributed by atoms with E-state index >= 15 is 0 Å². The molecule has 10 nitrogen and oxygen atoms in total. The summed E-state index contributed by atoms with van der Waals surface area (Å²) >= 11 is 4.00. The fraction of sp³-hybridized carbons (Fsp3) is 0.333. The SMILES string of the molecule is O=C(O)CNC(=O)[C@H](CS)NC(=O)[C@H](CO)NC(=O)CN(Cc1ccccc1)Cc1ccccc1. The van der Waals surface area contributed by atoms with Gasteiger partial charge in [0.25, 0.3) is 0 Å². The molecule has 188 valence electrons. The Balaban J connectivity index is 2.00. The van der Waals surface area contributed by atoms with Crippen LogP contribution < -0.4 is 16.0 Å². The van der Waals surface area contributed by atoms with Crippen LogP contribution in [0.4, 0.5) is 0 Å². The van der Waals surface area contributed by atoms with Crippen molar-refractivity contribution in [3.8, 4) is 0 Å². The van der Waals surface area contributed by atoms with Gasteiger partial charge >= 0.3 is 5.97 Å². The van der Waals surface area contributed by atoms with Crippen molar-refractivity contribution >= 4 is 36.3 Å². The Morgan fingerprint density at radius 1 is 0.829 bits per heavy atom. The molecule has 0 unspecified atom stereocenters. The first-order chi connectivity index (χ1) is 16.8. The molecular formula is C24H30N4O6S. The lowest BCUT2D eigenvalue weighted by molar-refractivity contribution is -0.138. The third-order valence-electron chi connectivity index (χ3n) is 4.93. The number of amides is 3. The summed E-state index contributed by atoms with van der Waals surface area (Å²) in [5.74, 6) is -3.35. The maximum Gasteiger partial charge on any atom is 0.322 e. The van der Waals surface area contributed by atoms with E-state index in [1.54, 1.807) is 0 Å². The van der Waals surface area contributed by atoms with Gasteiger partial charge in [0.15, 0.2) is 0 Å². The zero-order chi connectivity index (χ0) is 25.6. The van der Waals surface area contributed by atoms with Gasteiger partial charge in [0, 0.05) is 18.8 Å². The van der Waals surface area contributed by atoms with Gasteiger partial charge in [-0.1, -0.05) is 60.7 Å². The van der Waals surface area contributed by atoms with Crippen LogP contribution in [0.1, 0.15) is 11.1 Å². The van der Waals surface area contributed by atoms with Crippen molar-refractivity contribution in [1.82, 2.24) is 20.9 Å². The average Bonchev–Trinajstić information content (AvgIpc) is 2.85. The minimum Gasteiger partial charge on any atom is -0.480 e. The normalized spacial score (nSPS) is 12.4. The summed E-state index contributed by atoms with van der Waals surface area (Å²) < 4.78 is 0. The second-order valence-corrected chi connectivity index (χ2v) is 8.14. The highest BCUT2D eigenvalue weighted by Gasteiger charge is 2.26. The number of carbonyl (C=O) groups excluding carboxylic acids is 3. The molecule has 0 fully saturated rings. The highest BCUT2D eigenvalue weighted by atomic mass is 32.1. The lowest BCUT2D eigenvalue weighted by atomic mass is 10.1.